The number of carbonyl (C=O) groups is 1. The van der Waals surface area contributed by atoms with Crippen LogP contribution in [-0.4, -0.2) is 33.8 Å². The molecule has 0 aromatic heterocycles. The van der Waals surface area contributed by atoms with Crippen LogP contribution in [0.15, 0.2) is 30.3 Å². The van der Waals surface area contributed by atoms with E-state index in [4.69, 9.17) is 4.74 Å². The maximum atomic E-state index is 13.1. The minimum absolute atomic E-state index is 0.0255. The van der Waals surface area contributed by atoms with Crippen LogP contribution >= 0.6 is 0 Å². The summed E-state index contributed by atoms with van der Waals surface area (Å²) in [6.07, 6.45) is 1.27. The second-order valence-electron chi connectivity index (χ2n) is 7.30. The Morgan fingerprint density at radius 3 is 2.82 bits per heavy atom. The predicted molar refractivity (Wildman–Crippen MR) is 79.5 cm³/mol. The molecule has 4 fully saturated rings. The van der Waals surface area contributed by atoms with Crippen molar-refractivity contribution in [1.82, 2.24) is 4.90 Å². The summed E-state index contributed by atoms with van der Waals surface area (Å²) in [5.41, 5.74) is 0.656. The predicted octanol–water partition coefficient (Wildman–Crippen LogP) is 1.78. The molecule has 0 spiro atoms. The highest BCUT2D eigenvalue weighted by molar-refractivity contribution is 5.84. The van der Waals surface area contributed by atoms with Gasteiger partial charge in [-0.25, -0.2) is 0 Å². The van der Waals surface area contributed by atoms with Crippen molar-refractivity contribution >= 4 is 5.91 Å². The van der Waals surface area contributed by atoms with Gasteiger partial charge >= 0.3 is 0 Å². The number of aliphatic hydroxyl groups excluding tert-OH is 1. The van der Waals surface area contributed by atoms with Crippen LogP contribution in [0.25, 0.3) is 0 Å². The van der Waals surface area contributed by atoms with Crippen molar-refractivity contribution in [3.63, 3.8) is 0 Å². The first kappa shape index (κ1) is 13.1. The van der Waals surface area contributed by atoms with Gasteiger partial charge < -0.3 is 14.7 Å². The summed E-state index contributed by atoms with van der Waals surface area (Å²) in [6, 6.07) is 10.1. The van der Waals surface area contributed by atoms with E-state index in [0.717, 1.165) is 18.4 Å². The zero-order valence-corrected chi connectivity index (χ0v) is 12.7. The van der Waals surface area contributed by atoms with E-state index in [1.807, 2.05) is 23.1 Å². The highest BCUT2D eigenvalue weighted by Gasteiger charge is 2.77. The topological polar surface area (TPSA) is 49.8 Å². The van der Waals surface area contributed by atoms with E-state index in [9.17, 15) is 9.90 Å². The maximum absolute atomic E-state index is 13.1. The first-order valence-electron chi connectivity index (χ1n) is 8.38. The molecule has 2 aliphatic carbocycles. The Bertz CT molecular complexity index is 632. The standard InChI is InChI=1S/C18H21NO3/c1-2-18-14-12-8-11(15(20)16(12)22-18)13(14)17(21)19(18)9-10-6-4-3-5-7-10/h3-7,11-16,20H,2,8-9H2,1H3/t11-,12-,13-,14-,15+,16-,18-/m0/s1. The molecular formula is C18H21NO3. The molecule has 22 heavy (non-hydrogen) atoms. The number of fused-ring (bicyclic) bond motifs is 2. The van der Waals surface area contributed by atoms with Gasteiger partial charge in [0.2, 0.25) is 5.91 Å². The Morgan fingerprint density at radius 1 is 1.32 bits per heavy atom. The normalized spacial score (nSPS) is 47.7. The second-order valence-corrected chi connectivity index (χ2v) is 7.30. The van der Waals surface area contributed by atoms with Gasteiger partial charge in [0, 0.05) is 12.5 Å². The van der Waals surface area contributed by atoms with E-state index in [0.29, 0.717) is 12.5 Å². The molecule has 2 saturated heterocycles. The van der Waals surface area contributed by atoms with Crippen LogP contribution in [0.4, 0.5) is 0 Å². The lowest BCUT2D eigenvalue weighted by Crippen LogP contribution is -2.50. The van der Waals surface area contributed by atoms with E-state index in [1.54, 1.807) is 0 Å². The number of hydrogen-bond donors (Lipinski definition) is 1. The average molecular weight is 299 g/mol. The molecule has 4 aliphatic rings. The Labute approximate surface area is 130 Å². The summed E-state index contributed by atoms with van der Waals surface area (Å²) < 4.78 is 6.39. The molecule has 0 radical (unpaired) electrons. The summed E-state index contributed by atoms with van der Waals surface area (Å²) in [5, 5.41) is 10.4. The number of hydrogen-bond acceptors (Lipinski definition) is 3. The van der Waals surface area contributed by atoms with Crippen LogP contribution in [0, 0.1) is 23.7 Å². The van der Waals surface area contributed by atoms with Crippen LogP contribution in [-0.2, 0) is 16.1 Å². The number of likely N-dealkylation sites (tertiary alicyclic amines) is 1. The molecule has 4 heteroatoms. The van der Waals surface area contributed by atoms with Gasteiger partial charge in [0.05, 0.1) is 18.1 Å². The third kappa shape index (κ3) is 1.30. The van der Waals surface area contributed by atoms with Crippen LogP contribution in [0.3, 0.4) is 0 Å². The zero-order chi connectivity index (χ0) is 15.1. The van der Waals surface area contributed by atoms with Gasteiger partial charge in [0.25, 0.3) is 0 Å². The van der Waals surface area contributed by atoms with E-state index in [-0.39, 0.29) is 29.8 Å². The number of rotatable bonds is 3. The van der Waals surface area contributed by atoms with E-state index < -0.39 is 11.8 Å². The lowest BCUT2D eigenvalue weighted by Gasteiger charge is -2.38. The lowest BCUT2D eigenvalue weighted by atomic mass is 9.76. The molecule has 2 saturated carbocycles. The van der Waals surface area contributed by atoms with Crippen LogP contribution in [0.5, 0.6) is 0 Å². The highest BCUT2D eigenvalue weighted by atomic mass is 16.6. The average Bonchev–Trinajstić information content (AvgIpc) is 3.20. The second kappa shape index (κ2) is 4.12. The third-order valence-corrected chi connectivity index (χ3v) is 6.61. The highest BCUT2D eigenvalue weighted by Crippen LogP contribution is 2.68. The van der Waals surface area contributed by atoms with Crippen LogP contribution < -0.4 is 0 Å². The van der Waals surface area contributed by atoms with E-state index in [2.05, 4.69) is 19.1 Å². The monoisotopic (exact) mass is 299 g/mol. The fourth-order valence-corrected chi connectivity index (χ4v) is 5.85. The molecule has 1 N–H and O–H groups in total. The van der Waals surface area contributed by atoms with Crippen molar-refractivity contribution in [3.05, 3.63) is 35.9 Å². The summed E-state index contributed by atoms with van der Waals surface area (Å²) in [4.78, 5) is 15.0. The number of amides is 1. The minimum Gasteiger partial charge on any atom is -0.390 e. The molecule has 2 heterocycles. The largest absolute Gasteiger partial charge is 0.390 e. The zero-order valence-electron chi connectivity index (χ0n) is 12.7. The lowest BCUT2D eigenvalue weighted by molar-refractivity contribution is -0.181. The van der Waals surface area contributed by atoms with Gasteiger partial charge in [-0.1, -0.05) is 37.3 Å². The molecule has 1 aromatic carbocycles. The van der Waals surface area contributed by atoms with Crippen molar-refractivity contribution < 1.29 is 14.6 Å². The molecule has 2 aliphatic heterocycles. The fourth-order valence-electron chi connectivity index (χ4n) is 5.85. The summed E-state index contributed by atoms with van der Waals surface area (Å²) in [6.45, 7) is 2.72. The number of aliphatic hydroxyl groups is 1. The summed E-state index contributed by atoms with van der Waals surface area (Å²) >= 11 is 0. The molecule has 4 nitrogen and oxygen atoms in total. The molecule has 1 aromatic rings. The molecule has 0 unspecified atom stereocenters. The van der Waals surface area contributed by atoms with Gasteiger partial charge in [-0.2, -0.15) is 0 Å². The number of benzene rings is 1. The first-order valence-corrected chi connectivity index (χ1v) is 8.38. The van der Waals surface area contributed by atoms with Crippen LogP contribution in [0.1, 0.15) is 25.3 Å². The van der Waals surface area contributed by atoms with Crippen molar-refractivity contribution in [3.8, 4) is 0 Å². The maximum Gasteiger partial charge on any atom is 0.229 e. The van der Waals surface area contributed by atoms with Gasteiger partial charge in [-0.05, 0) is 30.2 Å². The summed E-state index contributed by atoms with van der Waals surface area (Å²) in [7, 11) is 0. The SMILES string of the molecule is CC[C@]12O[C@@H]3[C@H](O)[C@H]4C[C@H]3[C@H]1[C@H]4C(=O)N2Cc1ccccc1. The van der Waals surface area contributed by atoms with Gasteiger partial charge in [-0.3, -0.25) is 4.79 Å². The molecular weight excluding hydrogens is 278 g/mol. The summed E-state index contributed by atoms with van der Waals surface area (Å²) in [5.74, 6) is 0.936. The third-order valence-electron chi connectivity index (χ3n) is 6.61. The molecule has 2 bridgehead atoms. The first-order chi connectivity index (χ1) is 10.7. The Kier molecular flexibility index (Phi) is 2.45. The minimum atomic E-state index is -0.487. The van der Waals surface area contributed by atoms with E-state index in [1.165, 1.54) is 0 Å². The van der Waals surface area contributed by atoms with Crippen molar-refractivity contribution in [1.29, 1.82) is 0 Å². The van der Waals surface area contributed by atoms with Gasteiger partial charge in [0.1, 0.15) is 5.72 Å². The molecule has 1 amide bonds. The van der Waals surface area contributed by atoms with Crippen molar-refractivity contribution in [2.75, 3.05) is 0 Å². The van der Waals surface area contributed by atoms with Gasteiger partial charge in [0.15, 0.2) is 0 Å². The quantitative estimate of drug-likeness (QED) is 0.925. The molecule has 7 atom stereocenters. The smallest absolute Gasteiger partial charge is 0.229 e. The van der Waals surface area contributed by atoms with Crippen molar-refractivity contribution in [2.45, 2.75) is 44.2 Å². The number of ether oxygens (including phenoxy) is 1. The Hall–Kier alpha value is -1.39. The Morgan fingerprint density at radius 2 is 2.09 bits per heavy atom. The van der Waals surface area contributed by atoms with Crippen LogP contribution in [0.2, 0.25) is 0 Å². The number of nitrogens with zero attached hydrogens (tertiary/aromatic N) is 1. The fraction of sp³-hybridized carbons (Fsp3) is 0.611. The van der Waals surface area contributed by atoms with Crippen molar-refractivity contribution in [2.24, 2.45) is 23.7 Å². The molecule has 116 valence electrons. The van der Waals surface area contributed by atoms with Gasteiger partial charge in [-0.15, -0.1) is 0 Å². The molecule has 5 rings (SSSR count). The van der Waals surface area contributed by atoms with E-state index >= 15 is 0 Å². The number of carbonyl (C=O) groups excluding carboxylic acids is 1. The Balaban J connectivity index is 1.57.